The summed E-state index contributed by atoms with van der Waals surface area (Å²) in [4.78, 5) is 4.19. The molecule has 1 aliphatic rings. The molecule has 0 saturated heterocycles. The third kappa shape index (κ3) is 1.88. The third-order valence-electron chi connectivity index (χ3n) is 1.39. The highest BCUT2D eigenvalue weighted by Gasteiger charge is 1.97. The van der Waals surface area contributed by atoms with E-state index >= 15 is 0 Å². The molecular weight excluding hydrogens is 112 g/mol. The normalized spacial score (nSPS) is 26.4. The van der Waals surface area contributed by atoms with Gasteiger partial charge in [0.15, 0.2) is 0 Å². The van der Waals surface area contributed by atoms with Crippen molar-refractivity contribution in [2.75, 3.05) is 0 Å². The zero-order valence-electron chi connectivity index (χ0n) is 5.89. The van der Waals surface area contributed by atoms with Crippen molar-refractivity contribution in [3.8, 4) is 0 Å². The first kappa shape index (κ1) is 6.33. The lowest BCUT2D eigenvalue weighted by atomic mass is 10.2. The lowest BCUT2D eigenvalue weighted by Crippen LogP contribution is -2.05. The number of nitrogens with one attached hydrogen (secondary N) is 1. The van der Waals surface area contributed by atoms with Gasteiger partial charge < -0.3 is 5.32 Å². The van der Waals surface area contributed by atoms with Gasteiger partial charge in [-0.2, -0.15) is 0 Å². The van der Waals surface area contributed by atoms with Gasteiger partial charge in [0.25, 0.3) is 0 Å². The van der Waals surface area contributed by atoms with Crippen molar-refractivity contribution in [1.82, 2.24) is 5.32 Å². The molecule has 0 aromatic carbocycles. The highest BCUT2D eigenvalue weighted by atomic mass is 15.0. The molecule has 2 heteroatoms. The highest BCUT2D eigenvalue weighted by Crippen LogP contribution is 2.01. The van der Waals surface area contributed by atoms with Crippen molar-refractivity contribution in [3.05, 3.63) is 11.8 Å². The molecule has 2 nitrogen and oxygen atoms in total. The largest absolute Gasteiger partial charge is 0.351 e. The van der Waals surface area contributed by atoms with Crippen LogP contribution in [0, 0.1) is 0 Å². The molecule has 0 aliphatic carbocycles. The molecule has 1 atom stereocenters. The Labute approximate surface area is 55.7 Å². The fourth-order valence-electron chi connectivity index (χ4n) is 0.733. The quantitative estimate of drug-likeness (QED) is 0.517. The van der Waals surface area contributed by atoms with Gasteiger partial charge in [-0.05, 0) is 20.3 Å². The Kier molecular flexibility index (Phi) is 1.88. The summed E-state index contributed by atoms with van der Waals surface area (Å²) in [6, 6.07) is 0.440. The van der Waals surface area contributed by atoms with Gasteiger partial charge in [-0.3, -0.25) is 4.99 Å². The standard InChI is InChI=1S/C7H12N2/c1-6-3-4-7(2)9-5-8-6/h3,5,7H,4H2,1-2H3,(H,8,9). The van der Waals surface area contributed by atoms with Crippen LogP contribution in [0.2, 0.25) is 0 Å². The first-order valence-electron chi connectivity index (χ1n) is 3.24. The second-order valence-electron chi connectivity index (χ2n) is 2.39. The molecular formula is C7H12N2. The van der Waals surface area contributed by atoms with Gasteiger partial charge in [0.2, 0.25) is 0 Å². The Hall–Kier alpha value is -0.790. The van der Waals surface area contributed by atoms with Crippen molar-refractivity contribution in [3.63, 3.8) is 0 Å². The van der Waals surface area contributed by atoms with E-state index in [0.717, 1.165) is 6.42 Å². The SMILES string of the molecule is CC1=CCC(C)N=CN1. The van der Waals surface area contributed by atoms with Crippen LogP contribution in [0.25, 0.3) is 0 Å². The van der Waals surface area contributed by atoms with E-state index in [4.69, 9.17) is 0 Å². The molecule has 1 N–H and O–H groups in total. The molecule has 0 amide bonds. The minimum absolute atomic E-state index is 0.440. The molecule has 0 aromatic heterocycles. The van der Waals surface area contributed by atoms with Crippen molar-refractivity contribution in [2.24, 2.45) is 4.99 Å². The van der Waals surface area contributed by atoms with Gasteiger partial charge in [-0.1, -0.05) is 6.08 Å². The second-order valence-corrected chi connectivity index (χ2v) is 2.39. The summed E-state index contributed by atoms with van der Waals surface area (Å²) in [6.45, 7) is 4.15. The fraction of sp³-hybridized carbons (Fsp3) is 0.571. The summed E-state index contributed by atoms with van der Waals surface area (Å²) in [7, 11) is 0. The van der Waals surface area contributed by atoms with Gasteiger partial charge in [-0.25, -0.2) is 0 Å². The Morgan fingerprint density at radius 1 is 1.78 bits per heavy atom. The van der Waals surface area contributed by atoms with Crippen molar-refractivity contribution in [2.45, 2.75) is 26.3 Å². The molecule has 0 fully saturated rings. The summed E-state index contributed by atoms with van der Waals surface area (Å²) < 4.78 is 0. The van der Waals surface area contributed by atoms with Crippen LogP contribution in [-0.4, -0.2) is 12.4 Å². The van der Waals surface area contributed by atoms with E-state index in [1.54, 1.807) is 6.34 Å². The molecule has 0 aromatic rings. The Bertz CT molecular complexity index is 147. The minimum atomic E-state index is 0.440. The van der Waals surface area contributed by atoms with Crippen LogP contribution < -0.4 is 5.32 Å². The van der Waals surface area contributed by atoms with E-state index in [9.17, 15) is 0 Å². The van der Waals surface area contributed by atoms with Crippen LogP contribution in [0.5, 0.6) is 0 Å². The predicted molar refractivity (Wildman–Crippen MR) is 39.5 cm³/mol. The van der Waals surface area contributed by atoms with Crippen molar-refractivity contribution < 1.29 is 0 Å². The average molecular weight is 124 g/mol. The van der Waals surface area contributed by atoms with E-state index in [1.165, 1.54) is 5.70 Å². The summed E-state index contributed by atoms with van der Waals surface area (Å²) in [5, 5.41) is 3.04. The summed E-state index contributed by atoms with van der Waals surface area (Å²) in [5.41, 5.74) is 1.20. The summed E-state index contributed by atoms with van der Waals surface area (Å²) >= 11 is 0. The molecule has 9 heavy (non-hydrogen) atoms. The predicted octanol–water partition coefficient (Wildman–Crippen LogP) is 1.30. The topological polar surface area (TPSA) is 24.4 Å². The van der Waals surface area contributed by atoms with E-state index in [2.05, 4.69) is 23.3 Å². The molecule has 0 spiro atoms. The monoisotopic (exact) mass is 124 g/mol. The zero-order chi connectivity index (χ0) is 6.69. The van der Waals surface area contributed by atoms with Gasteiger partial charge in [0.1, 0.15) is 0 Å². The molecule has 50 valence electrons. The number of rotatable bonds is 0. The smallest absolute Gasteiger partial charge is 0.0868 e. The Balaban J connectivity index is 2.57. The van der Waals surface area contributed by atoms with Crippen LogP contribution in [-0.2, 0) is 0 Å². The molecule has 1 heterocycles. The van der Waals surface area contributed by atoms with Crippen LogP contribution >= 0.6 is 0 Å². The van der Waals surface area contributed by atoms with E-state index in [-0.39, 0.29) is 0 Å². The highest BCUT2D eigenvalue weighted by molar-refractivity contribution is 5.57. The summed E-state index contributed by atoms with van der Waals surface area (Å²) in [6.07, 6.45) is 4.98. The third-order valence-corrected chi connectivity index (χ3v) is 1.39. The molecule has 1 rings (SSSR count). The minimum Gasteiger partial charge on any atom is -0.351 e. The maximum absolute atomic E-state index is 4.19. The Morgan fingerprint density at radius 3 is 3.33 bits per heavy atom. The van der Waals surface area contributed by atoms with Gasteiger partial charge in [0, 0.05) is 5.70 Å². The summed E-state index contributed by atoms with van der Waals surface area (Å²) in [5.74, 6) is 0. The number of hydrogen-bond donors (Lipinski definition) is 1. The Morgan fingerprint density at radius 2 is 2.56 bits per heavy atom. The maximum atomic E-state index is 4.19. The van der Waals surface area contributed by atoms with Crippen LogP contribution in [0.4, 0.5) is 0 Å². The van der Waals surface area contributed by atoms with Gasteiger partial charge in [0.05, 0.1) is 12.4 Å². The molecule has 1 unspecified atom stereocenters. The molecule has 0 radical (unpaired) electrons. The van der Waals surface area contributed by atoms with E-state index < -0.39 is 0 Å². The van der Waals surface area contributed by atoms with Gasteiger partial charge >= 0.3 is 0 Å². The molecule has 0 saturated carbocycles. The molecule has 1 aliphatic heterocycles. The lowest BCUT2D eigenvalue weighted by Gasteiger charge is -1.95. The lowest BCUT2D eigenvalue weighted by molar-refractivity contribution is 0.765. The molecule has 0 bridgehead atoms. The fourth-order valence-corrected chi connectivity index (χ4v) is 0.733. The second kappa shape index (κ2) is 2.67. The zero-order valence-corrected chi connectivity index (χ0v) is 5.89. The number of nitrogens with zero attached hydrogens (tertiary/aromatic N) is 1. The van der Waals surface area contributed by atoms with E-state index in [0.29, 0.717) is 6.04 Å². The van der Waals surface area contributed by atoms with E-state index in [1.807, 2.05) is 6.92 Å². The first-order chi connectivity index (χ1) is 4.29. The van der Waals surface area contributed by atoms with Crippen LogP contribution in [0.3, 0.4) is 0 Å². The number of hydrogen-bond acceptors (Lipinski definition) is 2. The maximum Gasteiger partial charge on any atom is 0.0868 e. The van der Waals surface area contributed by atoms with Crippen molar-refractivity contribution in [1.29, 1.82) is 0 Å². The number of aliphatic imine (C=N–C) groups is 1. The van der Waals surface area contributed by atoms with Crippen LogP contribution in [0.15, 0.2) is 16.8 Å². The van der Waals surface area contributed by atoms with Crippen LogP contribution in [0.1, 0.15) is 20.3 Å². The average Bonchev–Trinajstić information content (AvgIpc) is 1.97. The first-order valence-corrected chi connectivity index (χ1v) is 3.24. The number of allylic oxidation sites excluding steroid dienone is 1. The van der Waals surface area contributed by atoms with Gasteiger partial charge in [-0.15, -0.1) is 0 Å². The van der Waals surface area contributed by atoms with Crippen molar-refractivity contribution >= 4 is 6.34 Å².